The first-order valence-corrected chi connectivity index (χ1v) is 9.51. The molecule has 5 rings (SSSR count). The lowest BCUT2D eigenvalue weighted by Crippen LogP contribution is -2.57. The van der Waals surface area contributed by atoms with Crippen molar-refractivity contribution in [2.45, 2.75) is 37.1 Å². The van der Waals surface area contributed by atoms with Crippen molar-refractivity contribution in [2.24, 2.45) is 0 Å². The molecule has 4 unspecified atom stereocenters. The van der Waals surface area contributed by atoms with Crippen LogP contribution in [0.4, 0.5) is 0 Å². The Bertz CT molecular complexity index is 869. The number of morpholine rings is 1. The third-order valence-electron chi connectivity index (χ3n) is 5.50. The van der Waals surface area contributed by atoms with Crippen molar-refractivity contribution in [2.75, 3.05) is 0 Å². The summed E-state index contributed by atoms with van der Waals surface area (Å²) in [5.41, 5.74) is 5.08. The van der Waals surface area contributed by atoms with Gasteiger partial charge in [0.2, 0.25) is 0 Å². The van der Waals surface area contributed by atoms with Crippen LogP contribution in [-0.2, 0) is 4.74 Å². The van der Waals surface area contributed by atoms with Crippen molar-refractivity contribution in [1.29, 1.82) is 0 Å². The van der Waals surface area contributed by atoms with E-state index in [1.807, 2.05) is 0 Å². The Morgan fingerprint density at radius 1 is 0.769 bits per heavy atom. The molecule has 0 amide bonds. The zero-order chi connectivity index (χ0) is 17.3. The second-order valence-corrected chi connectivity index (χ2v) is 7.25. The van der Waals surface area contributed by atoms with Crippen LogP contribution in [0.3, 0.4) is 0 Å². The van der Waals surface area contributed by atoms with Crippen LogP contribution in [0.25, 0.3) is 5.57 Å². The average molecular weight is 341 g/mol. The van der Waals surface area contributed by atoms with Crippen molar-refractivity contribution in [1.82, 2.24) is 5.32 Å². The van der Waals surface area contributed by atoms with Crippen molar-refractivity contribution in [3.05, 3.63) is 102 Å². The van der Waals surface area contributed by atoms with E-state index in [9.17, 15) is 0 Å². The van der Waals surface area contributed by atoms with Gasteiger partial charge in [-0.1, -0.05) is 72.9 Å². The minimum Gasteiger partial charge on any atom is -0.363 e. The van der Waals surface area contributed by atoms with Crippen LogP contribution in [-0.4, -0.2) is 24.3 Å². The van der Waals surface area contributed by atoms with E-state index >= 15 is 0 Å². The van der Waals surface area contributed by atoms with E-state index in [4.69, 9.17) is 4.74 Å². The SMILES string of the molecule is C1=CC(C2=CC3OC4C=C(c5ccccc5)C=CC4NC3C=C2)=CCC1. The lowest BCUT2D eigenvalue weighted by molar-refractivity contribution is -0.0213. The van der Waals surface area contributed by atoms with E-state index in [1.165, 1.54) is 22.3 Å². The maximum absolute atomic E-state index is 6.50. The van der Waals surface area contributed by atoms with E-state index in [2.05, 4.69) is 90.3 Å². The summed E-state index contributed by atoms with van der Waals surface area (Å²) in [6, 6.07) is 11.0. The fraction of sp³-hybridized carbons (Fsp3) is 0.250. The van der Waals surface area contributed by atoms with E-state index in [1.54, 1.807) is 0 Å². The van der Waals surface area contributed by atoms with Gasteiger partial charge in [-0.15, -0.1) is 0 Å². The minimum absolute atomic E-state index is 0.0660. The summed E-state index contributed by atoms with van der Waals surface area (Å²) >= 11 is 0. The lowest BCUT2D eigenvalue weighted by Gasteiger charge is -2.41. The molecular weight excluding hydrogens is 318 g/mol. The monoisotopic (exact) mass is 341 g/mol. The van der Waals surface area contributed by atoms with Gasteiger partial charge in [-0.3, -0.25) is 5.32 Å². The molecule has 26 heavy (non-hydrogen) atoms. The lowest BCUT2D eigenvalue weighted by atomic mass is 9.88. The average Bonchev–Trinajstić information content (AvgIpc) is 2.73. The molecule has 0 saturated carbocycles. The van der Waals surface area contributed by atoms with Crippen LogP contribution in [0.2, 0.25) is 0 Å². The van der Waals surface area contributed by atoms with Crippen LogP contribution in [0.1, 0.15) is 18.4 Å². The first kappa shape index (κ1) is 15.8. The van der Waals surface area contributed by atoms with Crippen molar-refractivity contribution in [3.63, 3.8) is 0 Å². The molecule has 1 saturated heterocycles. The van der Waals surface area contributed by atoms with E-state index in [0.29, 0.717) is 0 Å². The molecule has 1 aromatic carbocycles. The van der Waals surface area contributed by atoms with E-state index < -0.39 is 0 Å². The van der Waals surface area contributed by atoms with Crippen LogP contribution in [0.15, 0.2) is 96.2 Å². The van der Waals surface area contributed by atoms with Crippen LogP contribution >= 0.6 is 0 Å². The summed E-state index contributed by atoms with van der Waals surface area (Å²) in [7, 11) is 0. The van der Waals surface area contributed by atoms with E-state index in [-0.39, 0.29) is 24.3 Å². The van der Waals surface area contributed by atoms with Crippen molar-refractivity contribution in [3.8, 4) is 0 Å². The molecule has 130 valence electrons. The summed E-state index contributed by atoms with van der Waals surface area (Å²) in [6.07, 6.45) is 22.7. The van der Waals surface area contributed by atoms with Gasteiger partial charge < -0.3 is 4.74 Å². The molecule has 0 aromatic heterocycles. The predicted octanol–water partition coefficient (Wildman–Crippen LogP) is 4.51. The molecule has 1 aliphatic heterocycles. The maximum Gasteiger partial charge on any atom is 0.0962 e. The largest absolute Gasteiger partial charge is 0.363 e. The summed E-state index contributed by atoms with van der Waals surface area (Å²) in [4.78, 5) is 0. The van der Waals surface area contributed by atoms with Gasteiger partial charge in [0.15, 0.2) is 0 Å². The predicted molar refractivity (Wildman–Crippen MR) is 107 cm³/mol. The van der Waals surface area contributed by atoms with Gasteiger partial charge in [-0.25, -0.2) is 0 Å². The number of hydrogen-bond donors (Lipinski definition) is 1. The highest BCUT2D eigenvalue weighted by Gasteiger charge is 2.36. The Kier molecular flexibility index (Phi) is 4.08. The molecule has 2 heteroatoms. The summed E-state index contributed by atoms with van der Waals surface area (Å²) < 4.78 is 6.50. The highest BCUT2D eigenvalue weighted by Crippen LogP contribution is 2.31. The highest BCUT2D eigenvalue weighted by molar-refractivity contribution is 5.75. The summed E-state index contributed by atoms with van der Waals surface area (Å²) in [5, 5.41) is 3.73. The fourth-order valence-corrected chi connectivity index (χ4v) is 4.10. The van der Waals surface area contributed by atoms with Gasteiger partial charge >= 0.3 is 0 Å². The van der Waals surface area contributed by atoms with Gasteiger partial charge in [0, 0.05) is 0 Å². The number of rotatable bonds is 2. The third kappa shape index (κ3) is 2.96. The van der Waals surface area contributed by atoms with Crippen molar-refractivity contribution < 1.29 is 4.74 Å². The normalized spacial score (nSPS) is 32.2. The number of allylic oxidation sites excluding steroid dienone is 8. The number of benzene rings is 1. The molecule has 0 bridgehead atoms. The fourth-order valence-electron chi connectivity index (χ4n) is 4.10. The Hall–Kier alpha value is -2.42. The summed E-state index contributed by atoms with van der Waals surface area (Å²) in [5.74, 6) is 0. The topological polar surface area (TPSA) is 21.3 Å². The minimum atomic E-state index is 0.0660. The number of hydrogen-bond acceptors (Lipinski definition) is 2. The number of ether oxygens (including phenoxy) is 1. The van der Waals surface area contributed by atoms with Gasteiger partial charge in [-0.05, 0) is 47.3 Å². The molecule has 4 atom stereocenters. The van der Waals surface area contributed by atoms with Crippen LogP contribution < -0.4 is 5.32 Å². The standard InChI is InChI=1S/C24H23NO/c1-3-7-17(8-4-1)19-11-13-21-23(15-19)26-24-16-20(12-14-22(24)25-21)18-9-5-2-6-10-18/h1,3-5,7-16,21-25H,2,6H2. The Morgan fingerprint density at radius 2 is 1.50 bits per heavy atom. The van der Waals surface area contributed by atoms with Crippen LogP contribution in [0, 0.1) is 0 Å². The number of fused-ring (bicyclic) bond motifs is 2. The zero-order valence-electron chi connectivity index (χ0n) is 14.7. The number of nitrogens with one attached hydrogen (secondary N) is 1. The zero-order valence-corrected chi connectivity index (χ0v) is 14.7. The first-order chi connectivity index (χ1) is 12.9. The quantitative estimate of drug-likeness (QED) is 0.855. The van der Waals surface area contributed by atoms with Gasteiger partial charge in [0.05, 0.1) is 24.3 Å². The second-order valence-electron chi connectivity index (χ2n) is 7.25. The molecule has 1 fully saturated rings. The molecule has 0 radical (unpaired) electrons. The molecular formula is C24H23NO. The van der Waals surface area contributed by atoms with Gasteiger partial charge in [0.1, 0.15) is 0 Å². The van der Waals surface area contributed by atoms with Crippen molar-refractivity contribution >= 4 is 5.57 Å². The molecule has 0 spiro atoms. The summed E-state index contributed by atoms with van der Waals surface area (Å²) in [6.45, 7) is 0. The molecule has 2 nitrogen and oxygen atoms in total. The van der Waals surface area contributed by atoms with Gasteiger partial charge in [-0.2, -0.15) is 0 Å². The molecule has 3 aliphatic carbocycles. The Balaban J connectivity index is 1.39. The smallest absolute Gasteiger partial charge is 0.0962 e. The molecule has 1 heterocycles. The van der Waals surface area contributed by atoms with E-state index in [0.717, 1.165) is 12.8 Å². The second kappa shape index (κ2) is 6.71. The van der Waals surface area contributed by atoms with Gasteiger partial charge in [0.25, 0.3) is 0 Å². The first-order valence-electron chi connectivity index (χ1n) is 9.51. The Labute approximate surface area is 155 Å². The third-order valence-corrected chi connectivity index (χ3v) is 5.50. The maximum atomic E-state index is 6.50. The molecule has 1 N–H and O–H groups in total. The van der Waals surface area contributed by atoms with Crippen LogP contribution in [0.5, 0.6) is 0 Å². The highest BCUT2D eigenvalue weighted by atomic mass is 16.5. The Morgan fingerprint density at radius 3 is 2.23 bits per heavy atom. The molecule has 1 aromatic rings. The molecule has 4 aliphatic rings.